The van der Waals surface area contributed by atoms with Crippen molar-refractivity contribution in [2.24, 2.45) is 0 Å². The van der Waals surface area contributed by atoms with Gasteiger partial charge in [0.1, 0.15) is 0 Å². The number of rotatable bonds is 4. The van der Waals surface area contributed by atoms with E-state index in [1.54, 1.807) is 0 Å². The van der Waals surface area contributed by atoms with Crippen LogP contribution < -0.4 is 5.73 Å². The number of halogens is 1. The van der Waals surface area contributed by atoms with Crippen molar-refractivity contribution in [3.63, 3.8) is 0 Å². The molecule has 3 nitrogen and oxygen atoms in total. The fourth-order valence-corrected chi connectivity index (χ4v) is 2.00. The van der Waals surface area contributed by atoms with Gasteiger partial charge in [0.25, 0.3) is 0 Å². The van der Waals surface area contributed by atoms with E-state index in [1.807, 2.05) is 48.5 Å². The van der Waals surface area contributed by atoms with Crippen molar-refractivity contribution in [1.29, 1.82) is 0 Å². The maximum Gasteiger partial charge on any atom is 0.305 e. The molecule has 0 aromatic heterocycles. The number of aryl methyl sites for hydroxylation is 1. The summed E-state index contributed by atoms with van der Waals surface area (Å²) in [5.74, 6) is -0.203. The van der Waals surface area contributed by atoms with Crippen LogP contribution >= 0.6 is 12.4 Å². The highest BCUT2D eigenvalue weighted by Crippen LogP contribution is 2.26. The Balaban J connectivity index is 0.00000200. The van der Waals surface area contributed by atoms with Gasteiger partial charge in [-0.2, -0.15) is 0 Å². The Bertz CT molecular complexity index is 570. The standard InChI is InChI=1S/C16H17NO2.ClH/c1-19-16(18)10-8-12-7-9-14(15(17)11-12)13-5-3-2-4-6-13;/h2-7,9,11H,8,10,17H2,1H3;1H. The van der Waals surface area contributed by atoms with Crippen molar-refractivity contribution in [2.75, 3.05) is 12.8 Å². The summed E-state index contributed by atoms with van der Waals surface area (Å²) in [5.41, 5.74) is 9.96. The van der Waals surface area contributed by atoms with Gasteiger partial charge in [-0.15, -0.1) is 12.4 Å². The van der Waals surface area contributed by atoms with Crippen molar-refractivity contribution >= 4 is 24.1 Å². The quantitative estimate of drug-likeness (QED) is 0.693. The van der Waals surface area contributed by atoms with Gasteiger partial charge in [-0.1, -0.05) is 42.5 Å². The molecule has 0 aliphatic heterocycles. The van der Waals surface area contributed by atoms with Gasteiger partial charge in [-0.3, -0.25) is 4.79 Å². The summed E-state index contributed by atoms with van der Waals surface area (Å²) in [5, 5.41) is 0. The van der Waals surface area contributed by atoms with E-state index in [1.165, 1.54) is 7.11 Å². The Hall–Kier alpha value is -2.00. The van der Waals surface area contributed by atoms with Gasteiger partial charge in [0.2, 0.25) is 0 Å². The first kappa shape index (κ1) is 16.1. The Morgan fingerprint density at radius 3 is 2.45 bits per heavy atom. The summed E-state index contributed by atoms with van der Waals surface area (Å²) in [4.78, 5) is 11.1. The molecule has 0 aliphatic rings. The van der Waals surface area contributed by atoms with E-state index < -0.39 is 0 Å². The van der Waals surface area contributed by atoms with Gasteiger partial charge in [-0.25, -0.2) is 0 Å². The molecule has 2 aromatic carbocycles. The van der Waals surface area contributed by atoms with E-state index in [0.717, 1.165) is 22.4 Å². The van der Waals surface area contributed by atoms with Gasteiger partial charge in [0.15, 0.2) is 0 Å². The average molecular weight is 292 g/mol. The van der Waals surface area contributed by atoms with Crippen LogP contribution in [0.2, 0.25) is 0 Å². The minimum atomic E-state index is -0.203. The lowest BCUT2D eigenvalue weighted by molar-refractivity contribution is -0.140. The smallest absolute Gasteiger partial charge is 0.305 e. The van der Waals surface area contributed by atoms with Crippen LogP contribution in [0.4, 0.5) is 5.69 Å². The van der Waals surface area contributed by atoms with Gasteiger partial charge < -0.3 is 10.5 Å². The number of carbonyl (C=O) groups excluding carboxylic acids is 1. The number of hydrogen-bond acceptors (Lipinski definition) is 3. The Labute approximate surface area is 125 Å². The third kappa shape index (κ3) is 4.00. The lowest BCUT2D eigenvalue weighted by Gasteiger charge is -2.08. The van der Waals surface area contributed by atoms with Crippen LogP contribution in [0.3, 0.4) is 0 Å². The number of esters is 1. The second-order valence-electron chi connectivity index (χ2n) is 4.36. The second kappa shape index (κ2) is 7.56. The van der Waals surface area contributed by atoms with Crippen LogP contribution in [0.5, 0.6) is 0 Å². The van der Waals surface area contributed by atoms with Crippen molar-refractivity contribution < 1.29 is 9.53 Å². The zero-order valence-electron chi connectivity index (χ0n) is 11.3. The highest BCUT2D eigenvalue weighted by Gasteiger charge is 2.05. The Morgan fingerprint density at radius 1 is 1.15 bits per heavy atom. The van der Waals surface area contributed by atoms with E-state index in [0.29, 0.717) is 12.8 Å². The first-order valence-corrected chi connectivity index (χ1v) is 6.21. The SMILES string of the molecule is COC(=O)CCc1ccc(-c2ccccc2)c(N)c1.Cl. The normalized spacial score (nSPS) is 9.65. The zero-order valence-corrected chi connectivity index (χ0v) is 12.2. The number of anilines is 1. The summed E-state index contributed by atoms with van der Waals surface area (Å²) < 4.78 is 4.63. The summed E-state index contributed by atoms with van der Waals surface area (Å²) in [6.45, 7) is 0. The average Bonchev–Trinajstić information content (AvgIpc) is 2.45. The molecule has 0 atom stereocenters. The van der Waals surface area contributed by atoms with Gasteiger partial charge in [-0.05, 0) is 23.6 Å². The van der Waals surface area contributed by atoms with Gasteiger partial charge in [0.05, 0.1) is 7.11 Å². The zero-order chi connectivity index (χ0) is 13.7. The van der Waals surface area contributed by atoms with Crippen LogP contribution in [0.1, 0.15) is 12.0 Å². The van der Waals surface area contributed by atoms with Gasteiger partial charge in [0, 0.05) is 17.7 Å². The number of methoxy groups -OCH3 is 1. The molecular formula is C16H18ClNO2. The lowest BCUT2D eigenvalue weighted by atomic mass is 10.00. The van der Waals surface area contributed by atoms with Crippen molar-refractivity contribution in [3.8, 4) is 11.1 Å². The number of ether oxygens (including phenoxy) is 1. The first-order chi connectivity index (χ1) is 9.20. The number of benzene rings is 2. The van der Waals surface area contributed by atoms with Crippen molar-refractivity contribution in [1.82, 2.24) is 0 Å². The predicted octanol–water partition coefficient (Wildman–Crippen LogP) is 3.46. The van der Waals surface area contributed by atoms with E-state index >= 15 is 0 Å². The first-order valence-electron chi connectivity index (χ1n) is 6.21. The summed E-state index contributed by atoms with van der Waals surface area (Å²) in [6.07, 6.45) is 1.02. The molecule has 0 heterocycles. The monoisotopic (exact) mass is 291 g/mol. The molecule has 0 saturated carbocycles. The molecule has 0 saturated heterocycles. The molecule has 2 rings (SSSR count). The Morgan fingerprint density at radius 2 is 1.85 bits per heavy atom. The molecule has 2 N–H and O–H groups in total. The third-order valence-corrected chi connectivity index (χ3v) is 3.05. The minimum absolute atomic E-state index is 0. The van der Waals surface area contributed by atoms with Crippen molar-refractivity contribution in [3.05, 3.63) is 54.1 Å². The maximum atomic E-state index is 11.1. The number of hydrogen-bond donors (Lipinski definition) is 1. The Kier molecular flexibility index (Phi) is 6.07. The fourth-order valence-electron chi connectivity index (χ4n) is 2.00. The number of nitrogen functional groups attached to an aromatic ring is 1. The molecule has 0 unspecified atom stereocenters. The highest BCUT2D eigenvalue weighted by atomic mass is 35.5. The maximum absolute atomic E-state index is 11.1. The molecular weight excluding hydrogens is 274 g/mol. The second-order valence-corrected chi connectivity index (χ2v) is 4.36. The highest BCUT2D eigenvalue weighted by molar-refractivity contribution is 5.85. The van der Waals surface area contributed by atoms with E-state index in [-0.39, 0.29) is 18.4 Å². The molecule has 4 heteroatoms. The summed E-state index contributed by atoms with van der Waals surface area (Å²) >= 11 is 0. The minimum Gasteiger partial charge on any atom is -0.469 e. The van der Waals surface area contributed by atoms with Crippen LogP contribution in [-0.4, -0.2) is 13.1 Å². The molecule has 0 spiro atoms. The lowest BCUT2D eigenvalue weighted by Crippen LogP contribution is -2.02. The molecule has 0 fully saturated rings. The number of nitrogens with two attached hydrogens (primary N) is 1. The van der Waals surface area contributed by atoms with E-state index in [9.17, 15) is 4.79 Å². The van der Waals surface area contributed by atoms with Crippen LogP contribution in [0.15, 0.2) is 48.5 Å². The molecule has 0 bridgehead atoms. The molecule has 0 radical (unpaired) electrons. The van der Waals surface area contributed by atoms with Crippen LogP contribution in [0, 0.1) is 0 Å². The third-order valence-electron chi connectivity index (χ3n) is 3.05. The molecule has 0 aliphatic carbocycles. The fraction of sp³-hybridized carbons (Fsp3) is 0.188. The van der Waals surface area contributed by atoms with Crippen LogP contribution in [0.25, 0.3) is 11.1 Å². The predicted molar refractivity (Wildman–Crippen MR) is 83.9 cm³/mol. The van der Waals surface area contributed by atoms with Gasteiger partial charge >= 0.3 is 5.97 Å². The van der Waals surface area contributed by atoms with E-state index in [2.05, 4.69) is 4.74 Å². The largest absolute Gasteiger partial charge is 0.469 e. The molecule has 106 valence electrons. The van der Waals surface area contributed by atoms with Crippen LogP contribution in [-0.2, 0) is 16.0 Å². The summed E-state index contributed by atoms with van der Waals surface area (Å²) in [6, 6.07) is 15.9. The number of carbonyl (C=O) groups is 1. The molecule has 20 heavy (non-hydrogen) atoms. The van der Waals surface area contributed by atoms with E-state index in [4.69, 9.17) is 5.73 Å². The summed E-state index contributed by atoms with van der Waals surface area (Å²) in [7, 11) is 1.40. The molecule has 0 amide bonds. The van der Waals surface area contributed by atoms with Crippen molar-refractivity contribution in [2.45, 2.75) is 12.8 Å². The molecule has 2 aromatic rings. The topological polar surface area (TPSA) is 52.3 Å².